The fourth-order valence-electron chi connectivity index (χ4n) is 2.40. The molecule has 2 N–H and O–H groups in total. The third kappa shape index (κ3) is 2.03. The third-order valence-corrected chi connectivity index (χ3v) is 3.12. The van der Waals surface area contributed by atoms with Crippen LogP contribution in [0.25, 0.3) is 0 Å². The molecule has 3 nitrogen and oxygen atoms in total. The van der Waals surface area contributed by atoms with Crippen molar-refractivity contribution in [2.24, 2.45) is 0 Å². The van der Waals surface area contributed by atoms with Gasteiger partial charge in [0.2, 0.25) is 0 Å². The van der Waals surface area contributed by atoms with Crippen molar-refractivity contribution in [2.45, 2.75) is 56.9 Å². The van der Waals surface area contributed by atoms with Crippen molar-refractivity contribution in [1.82, 2.24) is 5.32 Å². The van der Waals surface area contributed by atoms with Gasteiger partial charge in [-0.1, -0.05) is 0 Å². The molecule has 3 heteroatoms. The van der Waals surface area contributed by atoms with Gasteiger partial charge in [-0.15, -0.1) is 0 Å². The molecule has 0 aromatic rings. The molecule has 0 aromatic heterocycles. The van der Waals surface area contributed by atoms with Gasteiger partial charge >= 0.3 is 0 Å². The molecular weight excluding hydrogens is 166 g/mol. The maximum absolute atomic E-state index is 9.52. The van der Waals surface area contributed by atoms with Crippen LogP contribution in [0.5, 0.6) is 0 Å². The second-order valence-corrected chi connectivity index (χ2v) is 4.44. The van der Waals surface area contributed by atoms with E-state index >= 15 is 0 Å². The summed E-state index contributed by atoms with van der Waals surface area (Å²) in [5, 5.41) is 13.0. The molecule has 1 spiro atoms. The monoisotopic (exact) mass is 185 g/mol. The molecule has 0 amide bonds. The first-order chi connectivity index (χ1) is 6.20. The highest BCUT2D eigenvalue weighted by atomic mass is 16.5. The van der Waals surface area contributed by atoms with Gasteiger partial charge in [-0.05, 0) is 39.0 Å². The van der Waals surface area contributed by atoms with Crippen LogP contribution in [0.15, 0.2) is 0 Å². The van der Waals surface area contributed by atoms with E-state index in [2.05, 4.69) is 12.2 Å². The minimum atomic E-state index is -0.110. The van der Waals surface area contributed by atoms with E-state index in [4.69, 9.17) is 4.74 Å². The van der Waals surface area contributed by atoms with Crippen LogP contribution in [0.4, 0.5) is 0 Å². The molecule has 2 rings (SSSR count). The van der Waals surface area contributed by atoms with E-state index in [1.807, 2.05) is 0 Å². The lowest BCUT2D eigenvalue weighted by Crippen LogP contribution is -2.43. The minimum Gasteiger partial charge on any atom is -0.393 e. The summed E-state index contributed by atoms with van der Waals surface area (Å²) in [7, 11) is 0. The van der Waals surface area contributed by atoms with Crippen LogP contribution >= 0.6 is 0 Å². The SMILES string of the molecule is C[C@@H]1CO[C@@]2(CCC[C@H](O)CC2)N1. The third-order valence-electron chi connectivity index (χ3n) is 3.12. The van der Waals surface area contributed by atoms with Crippen LogP contribution in [0, 0.1) is 0 Å². The molecule has 3 atom stereocenters. The molecule has 0 radical (unpaired) electrons. The second kappa shape index (κ2) is 3.56. The molecule has 0 aromatic carbocycles. The summed E-state index contributed by atoms with van der Waals surface area (Å²) >= 11 is 0. The molecule has 1 saturated heterocycles. The van der Waals surface area contributed by atoms with Gasteiger partial charge in [0.1, 0.15) is 5.72 Å². The van der Waals surface area contributed by atoms with Crippen molar-refractivity contribution in [3.05, 3.63) is 0 Å². The zero-order valence-corrected chi connectivity index (χ0v) is 8.25. The average molecular weight is 185 g/mol. The maximum atomic E-state index is 9.52. The van der Waals surface area contributed by atoms with E-state index in [1.165, 1.54) is 0 Å². The lowest BCUT2D eigenvalue weighted by atomic mass is 10.0. The first-order valence-electron chi connectivity index (χ1n) is 5.30. The van der Waals surface area contributed by atoms with E-state index in [1.54, 1.807) is 0 Å². The maximum Gasteiger partial charge on any atom is 0.119 e. The highest BCUT2D eigenvalue weighted by Crippen LogP contribution is 2.31. The fraction of sp³-hybridized carbons (Fsp3) is 1.00. The number of rotatable bonds is 0. The van der Waals surface area contributed by atoms with Gasteiger partial charge < -0.3 is 9.84 Å². The molecule has 1 heterocycles. The topological polar surface area (TPSA) is 41.5 Å². The second-order valence-electron chi connectivity index (χ2n) is 4.44. The number of aliphatic hydroxyl groups is 1. The van der Waals surface area contributed by atoms with E-state index in [0.717, 1.165) is 38.7 Å². The number of aliphatic hydroxyl groups excluding tert-OH is 1. The predicted octanol–water partition coefficient (Wildman–Crippen LogP) is 1.02. The van der Waals surface area contributed by atoms with Crippen molar-refractivity contribution in [2.75, 3.05) is 6.61 Å². The van der Waals surface area contributed by atoms with Crippen molar-refractivity contribution < 1.29 is 9.84 Å². The summed E-state index contributed by atoms with van der Waals surface area (Å²) in [6, 6.07) is 0.468. The number of nitrogens with one attached hydrogen (secondary N) is 1. The highest BCUT2D eigenvalue weighted by molar-refractivity contribution is 4.89. The van der Waals surface area contributed by atoms with Crippen molar-refractivity contribution in [3.8, 4) is 0 Å². The van der Waals surface area contributed by atoms with Gasteiger partial charge in [0.05, 0.1) is 12.7 Å². The molecule has 76 valence electrons. The molecule has 0 unspecified atom stereocenters. The van der Waals surface area contributed by atoms with Gasteiger partial charge in [0.15, 0.2) is 0 Å². The summed E-state index contributed by atoms with van der Waals surface area (Å²) in [6.07, 6.45) is 4.77. The van der Waals surface area contributed by atoms with Gasteiger partial charge in [-0.3, -0.25) is 5.32 Å². The summed E-state index contributed by atoms with van der Waals surface area (Å²) in [5.74, 6) is 0. The Hall–Kier alpha value is -0.120. The zero-order valence-electron chi connectivity index (χ0n) is 8.25. The van der Waals surface area contributed by atoms with Crippen LogP contribution < -0.4 is 5.32 Å². The molecule has 1 aliphatic carbocycles. The Morgan fingerprint density at radius 1 is 1.38 bits per heavy atom. The van der Waals surface area contributed by atoms with Crippen LogP contribution in [-0.2, 0) is 4.74 Å². The predicted molar refractivity (Wildman–Crippen MR) is 50.4 cm³/mol. The van der Waals surface area contributed by atoms with Crippen LogP contribution in [0.3, 0.4) is 0 Å². The van der Waals surface area contributed by atoms with Crippen molar-refractivity contribution in [1.29, 1.82) is 0 Å². The molecule has 1 saturated carbocycles. The highest BCUT2D eigenvalue weighted by Gasteiger charge is 2.39. The molecule has 2 fully saturated rings. The van der Waals surface area contributed by atoms with E-state index in [-0.39, 0.29) is 11.8 Å². The Morgan fingerprint density at radius 3 is 2.92 bits per heavy atom. The molecule has 13 heavy (non-hydrogen) atoms. The Kier molecular flexibility index (Phi) is 2.58. The van der Waals surface area contributed by atoms with E-state index in [9.17, 15) is 5.11 Å². The van der Waals surface area contributed by atoms with Crippen LogP contribution in [0.1, 0.15) is 39.0 Å². The molecule has 1 aliphatic heterocycles. The first-order valence-corrected chi connectivity index (χ1v) is 5.30. The largest absolute Gasteiger partial charge is 0.393 e. The van der Waals surface area contributed by atoms with Crippen LogP contribution in [-0.4, -0.2) is 29.6 Å². The number of hydrogen-bond acceptors (Lipinski definition) is 3. The summed E-state index contributed by atoms with van der Waals surface area (Å²) in [4.78, 5) is 0. The lowest BCUT2D eigenvalue weighted by Gasteiger charge is -2.27. The Bertz CT molecular complexity index is 184. The summed E-state index contributed by atoms with van der Waals surface area (Å²) < 4.78 is 5.80. The normalized spacial score (nSPS) is 46.6. The number of hydrogen-bond donors (Lipinski definition) is 2. The molecule has 2 aliphatic rings. The Morgan fingerprint density at radius 2 is 2.23 bits per heavy atom. The van der Waals surface area contributed by atoms with Crippen molar-refractivity contribution in [3.63, 3.8) is 0 Å². The Balaban J connectivity index is 1.98. The minimum absolute atomic E-state index is 0.100. The average Bonchev–Trinajstić information content (AvgIpc) is 2.35. The van der Waals surface area contributed by atoms with Crippen molar-refractivity contribution >= 4 is 0 Å². The van der Waals surface area contributed by atoms with Gasteiger partial charge in [0.25, 0.3) is 0 Å². The standard InChI is InChI=1S/C10H19NO2/c1-8-7-13-10(11-8)5-2-3-9(12)4-6-10/h8-9,11-12H,2-7H2,1H3/t8-,9+,10-/m1/s1. The first kappa shape index (κ1) is 9.44. The summed E-state index contributed by atoms with van der Waals surface area (Å²) in [6.45, 7) is 2.96. The Labute approximate surface area is 79.5 Å². The zero-order chi connectivity index (χ0) is 9.31. The van der Waals surface area contributed by atoms with Gasteiger partial charge in [0, 0.05) is 6.04 Å². The number of ether oxygens (including phenoxy) is 1. The van der Waals surface area contributed by atoms with E-state index < -0.39 is 0 Å². The molecular formula is C10H19NO2. The quantitative estimate of drug-likeness (QED) is 0.592. The molecule has 0 bridgehead atoms. The van der Waals surface area contributed by atoms with Gasteiger partial charge in [-0.2, -0.15) is 0 Å². The lowest BCUT2D eigenvalue weighted by molar-refractivity contribution is -0.0244. The fourth-order valence-corrected chi connectivity index (χ4v) is 2.40. The van der Waals surface area contributed by atoms with Crippen LogP contribution in [0.2, 0.25) is 0 Å². The summed E-state index contributed by atoms with van der Waals surface area (Å²) in [5.41, 5.74) is -0.100. The van der Waals surface area contributed by atoms with E-state index in [0.29, 0.717) is 6.04 Å². The smallest absolute Gasteiger partial charge is 0.119 e. The van der Waals surface area contributed by atoms with Gasteiger partial charge in [-0.25, -0.2) is 0 Å².